The Morgan fingerprint density at radius 3 is 2.87 bits per heavy atom. The lowest BCUT2D eigenvalue weighted by atomic mass is 10.2. The first-order valence-corrected chi connectivity index (χ1v) is 6.74. The molecule has 1 saturated heterocycles. The second kappa shape index (κ2) is 7.98. The lowest BCUT2D eigenvalue weighted by Crippen LogP contribution is -2.31. The molecule has 1 rings (SSSR count). The maximum atomic E-state index is 8.93. The summed E-state index contributed by atoms with van der Waals surface area (Å²) >= 11 is 1.92. The highest BCUT2D eigenvalue weighted by Crippen LogP contribution is 2.22. The summed E-state index contributed by atoms with van der Waals surface area (Å²) in [4.78, 5) is 0. The standard InChI is InChI=1S/C11H20N2OS/c1-2-5-13-10(8-12)9-15-11-3-6-14-7-4-11/h10-11,13H,2-7,9H2,1H3. The highest BCUT2D eigenvalue weighted by atomic mass is 32.2. The van der Waals surface area contributed by atoms with E-state index in [9.17, 15) is 0 Å². The van der Waals surface area contributed by atoms with E-state index in [-0.39, 0.29) is 6.04 Å². The summed E-state index contributed by atoms with van der Waals surface area (Å²) in [6, 6.07) is 2.33. The van der Waals surface area contributed by atoms with Gasteiger partial charge in [-0.25, -0.2) is 0 Å². The quantitative estimate of drug-likeness (QED) is 0.753. The van der Waals surface area contributed by atoms with Crippen molar-refractivity contribution in [3.63, 3.8) is 0 Å². The number of thioether (sulfide) groups is 1. The number of nitriles is 1. The fraction of sp³-hybridized carbons (Fsp3) is 0.909. The van der Waals surface area contributed by atoms with E-state index in [4.69, 9.17) is 10.00 Å². The molecule has 1 aliphatic heterocycles. The topological polar surface area (TPSA) is 45.0 Å². The molecule has 0 radical (unpaired) electrons. The van der Waals surface area contributed by atoms with Crippen molar-refractivity contribution in [1.29, 1.82) is 5.26 Å². The zero-order valence-corrected chi connectivity index (χ0v) is 10.2. The first kappa shape index (κ1) is 12.8. The zero-order chi connectivity index (χ0) is 10.9. The Labute approximate surface area is 96.6 Å². The predicted octanol–water partition coefficient (Wildman–Crippen LogP) is 1.79. The van der Waals surface area contributed by atoms with Gasteiger partial charge in [-0.3, -0.25) is 0 Å². The van der Waals surface area contributed by atoms with Gasteiger partial charge in [-0.05, 0) is 25.8 Å². The number of rotatable bonds is 6. The average Bonchev–Trinajstić information content (AvgIpc) is 2.31. The molecule has 0 aromatic rings. The molecule has 1 N–H and O–H groups in total. The largest absolute Gasteiger partial charge is 0.381 e. The van der Waals surface area contributed by atoms with E-state index in [1.165, 1.54) is 0 Å². The summed E-state index contributed by atoms with van der Waals surface area (Å²) in [7, 11) is 0. The molecule has 1 aliphatic rings. The summed E-state index contributed by atoms with van der Waals surface area (Å²) in [6.07, 6.45) is 3.35. The normalized spacial score (nSPS) is 19.7. The molecule has 0 bridgehead atoms. The van der Waals surface area contributed by atoms with Crippen molar-refractivity contribution in [3.05, 3.63) is 0 Å². The Balaban J connectivity index is 2.12. The van der Waals surface area contributed by atoms with Gasteiger partial charge in [-0.1, -0.05) is 6.92 Å². The monoisotopic (exact) mass is 228 g/mol. The van der Waals surface area contributed by atoms with Gasteiger partial charge in [0, 0.05) is 24.2 Å². The molecule has 1 atom stereocenters. The molecule has 1 fully saturated rings. The van der Waals surface area contributed by atoms with E-state index < -0.39 is 0 Å². The number of nitrogens with one attached hydrogen (secondary N) is 1. The van der Waals surface area contributed by atoms with Crippen molar-refractivity contribution in [3.8, 4) is 6.07 Å². The van der Waals surface area contributed by atoms with Gasteiger partial charge in [0.15, 0.2) is 0 Å². The molecule has 86 valence electrons. The van der Waals surface area contributed by atoms with E-state index in [1.54, 1.807) is 0 Å². The first-order chi connectivity index (χ1) is 7.36. The van der Waals surface area contributed by atoms with Crippen LogP contribution < -0.4 is 5.32 Å². The Morgan fingerprint density at radius 2 is 2.27 bits per heavy atom. The molecule has 4 heteroatoms. The third-order valence-corrected chi connectivity index (χ3v) is 3.93. The lowest BCUT2D eigenvalue weighted by molar-refractivity contribution is 0.1000. The molecular weight excluding hydrogens is 208 g/mol. The third kappa shape index (κ3) is 5.41. The van der Waals surface area contributed by atoms with Crippen molar-refractivity contribution in [2.24, 2.45) is 0 Å². The van der Waals surface area contributed by atoms with Crippen molar-refractivity contribution >= 4 is 11.8 Å². The van der Waals surface area contributed by atoms with Crippen LogP contribution in [0.15, 0.2) is 0 Å². The molecule has 1 unspecified atom stereocenters. The molecule has 1 heterocycles. The van der Waals surface area contributed by atoms with Crippen LogP contribution in [0.1, 0.15) is 26.2 Å². The van der Waals surface area contributed by atoms with E-state index in [0.29, 0.717) is 5.25 Å². The number of nitrogens with zero attached hydrogens (tertiary/aromatic N) is 1. The lowest BCUT2D eigenvalue weighted by Gasteiger charge is -2.22. The summed E-state index contributed by atoms with van der Waals surface area (Å²) in [6.45, 7) is 4.83. The minimum Gasteiger partial charge on any atom is -0.381 e. The van der Waals surface area contributed by atoms with Crippen LogP contribution in [-0.2, 0) is 4.74 Å². The Bertz CT molecular complexity index is 199. The van der Waals surface area contributed by atoms with Crippen molar-refractivity contribution in [2.75, 3.05) is 25.5 Å². The van der Waals surface area contributed by atoms with Crippen LogP contribution in [0.3, 0.4) is 0 Å². The van der Waals surface area contributed by atoms with Gasteiger partial charge in [0.25, 0.3) is 0 Å². The fourth-order valence-electron chi connectivity index (χ4n) is 1.54. The zero-order valence-electron chi connectivity index (χ0n) is 9.37. The molecule has 0 saturated carbocycles. The van der Waals surface area contributed by atoms with Crippen LogP contribution in [0.25, 0.3) is 0 Å². The minimum atomic E-state index is 0.0118. The second-order valence-corrected chi connectivity index (χ2v) is 5.11. The van der Waals surface area contributed by atoms with Gasteiger partial charge in [0.1, 0.15) is 6.04 Å². The minimum absolute atomic E-state index is 0.0118. The van der Waals surface area contributed by atoms with E-state index >= 15 is 0 Å². The third-order valence-electron chi connectivity index (χ3n) is 2.46. The summed E-state index contributed by atoms with van der Waals surface area (Å²) in [5.41, 5.74) is 0. The van der Waals surface area contributed by atoms with E-state index in [2.05, 4.69) is 18.3 Å². The van der Waals surface area contributed by atoms with Gasteiger partial charge >= 0.3 is 0 Å². The number of hydrogen-bond donors (Lipinski definition) is 1. The van der Waals surface area contributed by atoms with Crippen LogP contribution in [0.5, 0.6) is 0 Å². The summed E-state index contributed by atoms with van der Waals surface area (Å²) in [5, 5.41) is 12.9. The van der Waals surface area contributed by atoms with Crippen LogP contribution >= 0.6 is 11.8 Å². The molecule has 0 aliphatic carbocycles. The predicted molar refractivity (Wildman–Crippen MR) is 64.0 cm³/mol. The Kier molecular flexibility index (Phi) is 6.82. The smallest absolute Gasteiger partial charge is 0.104 e. The SMILES string of the molecule is CCCNC(C#N)CSC1CCOCC1. The van der Waals surface area contributed by atoms with Gasteiger partial charge in [0.2, 0.25) is 0 Å². The van der Waals surface area contributed by atoms with Crippen molar-refractivity contribution in [2.45, 2.75) is 37.5 Å². The van der Waals surface area contributed by atoms with Crippen LogP contribution in [0, 0.1) is 11.3 Å². The Morgan fingerprint density at radius 1 is 1.53 bits per heavy atom. The highest BCUT2D eigenvalue weighted by Gasteiger charge is 2.16. The van der Waals surface area contributed by atoms with Crippen LogP contribution in [0.2, 0.25) is 0 Å². The fourth-order valence-corrected chi connectivity index (χ4v) is 2.72. The highest BCUT2D eigenvalue weighted by molar-refractivity contribution is 7.99. The van der Waals surface area contributed by atoms with Gasteiger partial charge in [0.05, 0.1) is 6.07 Å². The van der Waals surface area contributed by atoms with E-state index in [0.717, 1.165) is 44.8 Å². The molecule has 15 heavy (non-hydrogen) atoms. The van der Waals surface area contributed by atoms with Crippen LogP contribution in [-0.4, -0.2) is 36.8 Å². The first-order valence-electron chi connectivity index (χ1n) is 5.69. The summed E-state index contributed by atoms with van der Waals surface area (Å²) in [5.74, 6) is 0.904. The molecule has 3 nitrogen and oxygen atoms in total. The molecule has 0 spiro atoms. The van der Waals surface area contributed by atoms with Gasteiger partial charge < -0.3 is 10.1 Å². The van der Waals surface area contributed by atoms with Crippen LogP contribution in [0.4, 0.5) is 0 Å². The molecular formula is C11H20N2OS. The van der Waals surface area contributed by atoms with E-state index in [1.807, 2.05) is 11.8 Å². The summed E-state index contributed by atoms with van der Waals surface area (Å²) < 4.78 is 5.30. The maximum absolute atomic E-state index is 8.93. The molecule has 0 aromatic heterocycles. The molecule has 0 amide bonds. The van der Waals surface area contributed by atoms with Crippen molar-refractivity contribution in [1.82, 2.24) is 5.32 Å². The van der Waals surface area contributed by atoms with Crippen molar-refractivity contribution < 1.29 is 4.74 Å². The Hall–Kier alpha value is -0.240. The molecule has 0 aromatic carbocycles. The maximum Gasteiger partial charge on any atom is 0.104 e. The number of ether oxygens (including phenoxy) is 1. The second-order valence-electron chi connectivity index (χ2n) is 3.78. The van der Waals surface area contributed by atoms with Gasteiger partial charge in [-0.2, -0.15) is 17.0 Å². The number of hydrogen-bond acceptors (Lipinski definition) is 4. The van der Waals surface area contributed by atoms with Gasteiger partial charge in [-0.15, -0.1) is 0 Å². The average molecular weight is 228 g/mol.